The van der Waals surface area contributed by atoms with E-state index < -0.39 is 0 Å². The number of fused-ring (bicyclic) bond motifs is 1. The normalized spacial score (nSPS) is 10.3. The van der Waals surface area contributed by atoms with E-state index in [1.165, 1.54) is 6.33 Å². The summed E-state index contributed by atoms with van der Waals surface area (Å²) in [6.07, 6.45) is 1.37. The molecular formula is C10H6IrN3OS-. The maximum atomic E-state index is 4.96. The summed E-state index contributed by atoms with van der Waals surface area (Å²) in [5.41, 5.74) is 1.73. The first-order chi connectivity index (χ1) is 7.33. The molecule has 4 nitrogen and oxygen atoms in total. The van der Waals surface area contributed by atoms with Crippen molar-refractivity contribution in [3.63, 3.8) is 0 Å². The van der Waals surface area contributed by atoms with Crippen LogP contribution in [0.15, 0.2) is 23.0 Å². The van der Waals surface area contributed by atoms with Gasteiger partial charge >= 0.3 is 0 Å². The predicted octanol–water partition coefficient (Wildman–Crippen LogP) is 2.45. The summed E-state index contributed by atoms with van der Waals surface area (Å²) in [5.74, 6) is 0.475. The second kappa shape index (κ2) is 4.41. The van der Waals surface area contributed by atoms with Gasteiger partial charge in [-0.3, -0.25) is 4.98 Å². The molecule has 0 aliphatic rings. The van der Waals surface area contributed by atoms with E-state index in [0.29, 0.717) is 5.89 Å². The van der Waals surface area contributed by atoms with Crippen LogP contribution in [-0.4, -0.2) is 15.1 Å². The smallest absolute Gasteiger partial charge is 0.172 e. The number of aryl methyl sites for hydroxylation is 1. The molecule has 0 aliphatic heterocycles. The summed E-state index contributed by atoms with van der Waals surface area (Å²) in [5, 5.41) is 4.60. The average Bonchev–Trinajstić information content (AvgIpc) is 2.82. The van der Waals surface area contributed by atoms with E-state index in [-0.39, 0.29) is 20.1 Å². The standard InChI is InChI=1S/C10H6N3OS.Ir/c1-6-13-8-4-7(2-3-9(8)15-6)10-11-5-12-14-10;/h3-5H,1H3;/q-1;. The number of hydrogen-bond donors (Lipinski definition) is 0. The second-order valence-corrected chi connectivity index (χ2v) is 4.31. The first-order valence-corrected chi connectivity index (χ1v) is 5.20. The molecular weight excluding hydrogens is 402 g/mol. The van der Waals surface area contributed by atoms with Gasteiger partial charge in [0, 0.05) is 25.6 Å². The van der Waals surface area contributed by atoms with Crippen molar-refractivity contribution in [2.75, 3.05) is 0 Å². The SMILES string of the molecule is Cc1nc2cc(-c3ncno3)[c-]cc2s1.[Ir]. The first kappa shape index (κ1) is 11.4. The van der Waals surface area contributed by atoms with E-state index in [9.17, 15) is 0 Å². The Labute approximate surface area is 109 Å². The molecule has 2 heterocycles. The van der Waals surface area contributed by atoms with Crippen LogP contribution in [0.5, 0.6) is 0 Å². The number of rotatable bonds is 1. The number of benzene rings is 1. The Kier molecular flexibility index (Phi) is 3.14. The van der Waals surface area contributed by atoms with Crippen LogP contribution in [0, 0.1) is 13.0 Å². The zero-order valence-electron chi connectivity index (χ0n) is 8.22. The zero-order valence-corrected chi connectivity index (χ0v) is 11.4. The van der Waals surface area contributed by atoms with Gasteiger partial charge in [0.1, 0.15) is 6.33 Å². The fourth-order valence-corrected chi connectivity index (χ4v) is 2.19. The summed E-state index contributed by atoms with van der Waals surface area (Å²) in [6, 6.07) is 6.91. The third-order valence-corrected chi connectivity index (χ3v) is 2.95. The van der Waals surface area contributed by atoms with Gasteiger partial charge in [-0.05, 0) is 11.6 Å². The van der Waals surface area contributed by atoms with Crippen LogP contribution in [0.1, 0.15) is 5.01 Å². The van der Waals surface area contributed by atoms with E-state index in [4.69, 9.17) is 4.52 Å². The Morgan fingerprint density at radius 2 is 2.31 bits per heavy atom. The molecule has 2 aromatic heterocycles. The summed E-state index contributed by atoms with van der Waals surface area (Å²) in [7, 11) is 0. The van der Waals surface area contributed by atoms with E-state index in [2.05, 4.69) is 21.2 Å². The molecule has 0 fully saturated rings. The van der Waals surface area contributed by atoms with Crippen molar-refractivity contribution in [3.8, 4) is 11.5 Å². The Morgan fingerprint density at radius 1 is 1.44 bits per heavy atom. The molecule has 0 saturated heterocycles. The maximum absolute atomic E-state index is 4.96. The minimum Gasteiger partial charge on any atom is -0.382 e. The molecule has 83 valence electrons. The van der Waals surface area contributed by atoms with Crippen molar-refractivity contribution in [2.45, 2.75) is 6.92 Å². The fourth-order valence-electron chi connectivity index (χ4n) is 1.40. The Balaban J connectivity index is 0.000000963. The van der Waals surface area contributed by atoms with Gasteiger partial charge in [0.25, 0.3) is 0 Å². The minimum absolute atomic E-state index is 0. The molecule has 1 radical (unpaired) electrons. The Bertz CT molecular complexity index is 606. The van der Waals surface area contributed by atoms with Crippen LogP contribution in [-0.2, 0) is 20.1 Å². The summed E-state index contributed by atoms with van der Waals surface area (Å²) >= 11 is 1.65. The van der Waals surface area contributed by atoms with Gasteiger partial charge in [-0.1, -0.05) is 10.7 Å². The van der Waals surface area contributed by atoms with Crippen molar-refractivity contribution in [1.29, 1.82) is 0 Å². The second-order valence-electron chi connectivity index (χ2n) is 3.08. The first-order valence-electron chi connectivity index (χ1n) is 4.39. The third-order valence-electron chi connectivity index (χ3n) is 2.02. The van der Waals surface area contributed by atoms with Crippen LogP contribution < -0.4 is 0 Å². The third kappa shape index (κ3) is 1.91. The molecule has 0 aliphatic carbocycles. The maximum Gasteiger partial charge on any atom is 0.172 e. The van der Waals surface area contributed by atoms with Gasteiger partial charge in [0.2, 0.25) is 0 Å². The molecule has 3 aromatic rings. The monoisotopic (exact) mass is 409 g/mol. The quantitative estimate of drug-likeness (QED) is 0.581. The Morgan fingerprint density at radius 3 is 3.06 bits per heavy atom. The fraction of sp³-hybridized carbons (Fsp3) is 0.100. The number of aromatic nitrogens is 3. The molecule has 1 aromatic carbocycles. The van der Waals surface area contributed by atoms with Gasteiger partial charge in [-0.15, -0.1) is 18.2 Å². The summed E-state index contributed by atoms with van der Waals surface area (Å²) < 4.78 is 6.08. The molecule has 0 bridgehead atoms. The van der Waals surface area contributed by atoms with E-state index in [1.54, 1.807) is 11.3 Å². The van der Waals surface area contributed by atoms with Crippen LogP contribution in [0.4, 0.5) is 0 Å². The van der Waals surface area contributed by atoms with Crippen molar-refractivity contribution >= 4 is 21.6 Å². The molecule has 0 atom stereocenters. The van der Waals surface area contributed by atoms with Gasteiger partial charge in [0.15, 0.2) is 5.89 Å². The summed E-state index contributed by atoms with van der Waals surface area (Å²) in [6.45, 7) is 1.98. The molecule has 3 rings (SSSR count). The number of thiazole rings is 1. The number of hydrogen-bond acceptors (Lipinski definition) is 5. The van der Waals surface area contributed by atoms with Gasteiger partial charge in [-0.25, -0.2) is 4.98 Å². The number of nitrogens with zero attached hydrogens (tertiary/aromatic N) is 3. The van der Waals surface area contributed by atoms with Crippen LogP contribution in [0.25, 0.3) is 21.7 Å². The molecule has 0 amide bonds. The van der Waals surface area contributed by atoms with Gasteiger partial charge in [-0.2, -0.15) is 11.3 Å². The van der Waals surface area contributed by atoms with Crippen LogP contribution in [0.3, 0.4) is 0 Å². The van der Waals surface area contributed by atoms with Gasteiger partial charge < -0.3 is 4.52 Å². The summed E-state index contributed by atoms with van der Waals surface area (Å²) in [4.78, 5) is 8.36. The largest absolute Gasteiger partial charge is 0.382 e. The van der Waals surface area contributed by atoms with Crippen molar-refractivity contribution in [1.82, 2.24) is 15.1 Å². The van der Waals surface area contributed by atoms with E-state index in [1.807, 2.05) is 19.1 Å². The molecule has 0 unspecified atom stereocenters. The van der Waals surface area contributed by atoms with E-state index >= 15 is 0 Å². The molecule has 0 spiro atoms. The van der Waals surface area contributed by atoms with Crippen LogP contribution >= 0.6 is 11.3 Å². The zero-order chi connectivity index (χ0) is 10.3. The van der Waals surface area contributed by atoms with Gasteiger partial charge in [0.05, 0.1) is 5.01 Å². The van der Waals surface area contributed by atoms with E-state index in [0.717, 1.165) is 20.8 Å². The van der Waals surface area contributed by atoms with Crippen molar-refractivity contribution < 1.29 is 24.6 Å². The Hall–Kier alpha value is -1.10. The molecule has 6 heteroatoms. The molecule has 16 heavy (non-hydrogen) atoms. The van der Waals surface area contributed by atoms with Crippen molar-refractivity contribution in [3.05, 3.63) is 29.5 Å². The molecule has 0 saturated carbocycles. The average molecular weight is 408 g/mol. The molecule has 0 N–H and O–H groups in total. The minimum atomic E-state index is 0. The van der Waals surface area contributed by atoms with Crippen molar-refractivity contribution in [2.24, 2.45) is 0 Å². The topological polar surface area (TPSA) is 51.8 Å². The van der Waals surface area contributed by atoms with Crippen LogP contribution in [0.2, 0.25) is 0 Å². The predicted molar refractivity (Wildman–Crippen MR) is 56.5 cm³/mol.